The largest absolute Gasteiger partial charge is 0.327 e. The monoisotopic (exact) mass is 369 g/mol. The molecule has 1 N–H and O–H groups in total. The van der Waals surface area contributed by atoms with E-state index >= 15 is 0 Å². The maximum Gasteiger partial charge on any atom is 0.254 e. The van der Waals surface area contributed by atoms with Crippen molar-refractivity contribution >= 4 is 51.5 Å². The number of thiazole rings is 1. The average Bonchev–Trinajstić information content (AvgIpc) is 3.16. The van der Waals surface area contributed by atoms with Crippen LogP contribution in [0.25, 0.3) is 0 Å². The summed E-state index contributed by atoms with van der Waals surface area (Å²) >= 11 is 13.2. The lowest BCUT2D eigenvalue weighted by molar-refractivity contribution is -0.119. The van der Waals surface area contributed by atoms with Gasteiger partial charge in [0.05, 0.1) is 0 Å². The number of amides is 2. The summed E-state index contributed by atoms with van der Waals surface area (Å²) in [6.07, 6.45) is 3.01. The topological polar surface area (TPSA) is 62.3 Å². The highest BCUT2D eigenvalue weighted by molar-refractivity contribution is 7.13. The number of hydrogen-bond donors (Lipinski definition) is 1. The Morgan fingerprint density at radius 3 is 2.65 bits per heavy atom. The molecule has 2 amide bonds. The van der Waals surface area contributed by atoms with Crippen molar-refractivity contribution in [2.75, 3.05) is 11.9 Å². The lowest BCUT2D eigenvalue weighted by atomic mass is 10.1. The van der Waals surface area contributed by atoms with Crippen LogP contribution in [0.3, 0.4) is 0 Å². The molecule has 120 valence electrons. The van der Waals surface area contributed by atoms with Crippen molar-refractivity contribution in [3.63, 3.8) is 0 Å². The Labute approximate surface area is 147 Å². The van der Waals surface area contributed by atoms with Crippen molar-refractivity contribution < 1.29 is 9.59 Å². The molecule has 3 rings (SSSR count). The summed E-state index contributed by atoms with van der Waals surface area (Å²) in [5, 5.41) is 5.84. The first kappa shape index (κ1) is 16.2. The van der Waals surface area contributed by atoms with E-state index in [2.05, 4.69) is 10.3 Å². The van der Waals surface area contributed by atoms with Crippen molar-refractivity contribution in [2.45, 2.75) is 18.9 Å². The van der Waals surface area contributed by atoms with Crippen molar-refractivity contribution in [3.05, 3.63) is 45.4 Å². The Balaban J connectivity index is 1.77. The fraction of sp³-hybridized carbons (Fsp3) is 0.267. The van der Waals surface area contributed by atoms with Crippen LogP contribution in [0.1, 0.15) is 23.2 Å². The molecule has 1 fully saturated rings. The second-order valence-corrected chi connectivity index (χ2v) is 6.91. The van der Waals surface area contributed by atoms with Gasteiger partial charge in [-0.15, -0.1) is 11.3 Å². The number of halogens is 2. The highest BCUT2D eigenvalue weighted by Gasteiger charge is 2.35. The van der Waals surface area contributed by atoms with Gasteiger partial charge in [-0.2, -0.15) is 0 Å². The van der Waals surface area contributed by atoms with Crippen molar-refractivity contribution in [3.8, 4) is 0 Å². The van der Waals surface area contributed by atoms with E-state index < -0.39 is 6.04 Å². The highest BCUT2D eigenvalue weighted by atomic mass is 35.5. The third-order valence-corrected chi connectivity index (χ3v) is 4.71. The molecule has 8 heteroatoms. The van der Waals surface area contributed by atoms with Crippen LogP contribution in [0, 0.1) is 0 Å². The van der Waals surface area contributed by atoms with Gasteiger partial charge in [0, 0.05) is 33.7 Å². The number of nitrogens with zero attached hydrogens (tertiary/aromatic N) is 2. The molecule has 2 heterocycles. The van der Waals surface area contributed by atoms with Crippen molar-refractivity contribution in [1.29, 1.82) is 0 Å². The molecule has 0 spiro atoms. The van der Waals surface area contributed by atoms with E-state index in [0.717, 1.165) is 6.42 Å². The minimum atomic E-state index is -0.510. The van der Waals surface area contributed by atoms with Crippen LogP contribution >= 0.6 is 34.5 Å². The minimum Gasteiger partial charge on any atom is -0.327 e. The summed E-state index contributed by atoms with van der Waals surface area (Å²) in [4.78, 5) is 30.7. The molecule has 5 nitrogen and oxygen atoms in total. The van der Waals surface area contributed by atoms with Gasteiger partial charge in [-0.1, -0.05) is 23.2 Å². The van der Waals surface area contributed by atoms with Crippen LogP contribution in [0.2, 0.25) is 10.0 Å². The number of benzene rings is 1. The lowest BCUT2D eigenvalue weighted by Crippen LogP contribution is -2.43. The van der Waals surface area contributed by atoms with Crippen molar-refractivity contribution in [1.82, 2.24) is 9.88 Å². The van der Waals surface area contributed by atoms with Crippen LogP contribution < -0.4 is 5.32 Å². The first-order valence-corrected chi connectivity index (χ1v) is 8.65. The summed E-state index contributed by atoms with van der Waals surface area (Å²) in [6, 6.07) is 4.17. The van der Waals surface area contributed by atoms with Crippen LogP contribution in [0.5, 0.6) is 0 Å². The second kappa shape index (κ2) is 6.86. The molecule has 0 unspecified atom stereocenters. The number of anilines is 1. The molecule has 0 bridgehead atoms. The highest BCUT2D eigenvalue weighted by Crippen LogP contribution is 2.25. The van der Waals surface area contributed by atoms with Gasteiger partial charge in [-0.3, -0.25) is 9.59 Å². The Bertz CT molecular complexity index is 716. The van der Waals surface area contributed by atoms with Crippen LogP contribution in [0.15, 0.2) is 29.8 Å². The molecule has 1 atom stereocenters. The maximum atomic E-state index is 12.7. The van der Waals surface area contributed by atoms with Gasteiger partial charge < -0.3 is 10.2 Å². The third-order valence-electron chi connectivity index (χ3n) is 3.59. The number of aromatic nitrogens is 1. The molecule has 0 aliphatic carbocycles. The SMILES string of the molecule is O=C(Nc1nccs1)[C@H]1CCCN1C(=O)c1cc(Cl)cc(Cl)c1. The molecule has 1 aromatic heterocycles. The zero-order valence-corrected chi connectivity index (χ0v) is 14.3. The summed E-state index contributed by atoms with van der Waals surface area (Å²) in [7, 11) is 0. The average molecular weight is 370 g/mol. The first-order chi connectivity index (χ1) is 11.0. The molecule has 0 saturated carbocycles. The van der Waals surface area contributed by atoms with E-state index in [1.54, 1.807) is 34.7 Å². The van der Waals surface area contributed by atoms with Crippen LogP contribution in [-0.2, 0) is 4.79 Å². The Morgan fingerprint density at radius 2 is 2.00 bits per heavy atom. The van der Waals surface area contributed by atoms with E-state index in [9.17, 15) is 9.59 Å². The van der Waals surface area contributed by atoms with E-state index in [1.165, 1.54) is 11.3 Å². The predicted octanol–water partition coefficient (Wildman–Crippen LogP) is 3.69. The van der Waals surface area contributed by atoms with Crippen LogP contribution in [0.4, 0.5) is 5.13 Å². The predicted molar refractivity (Wildman–Crippen MR) is 91.3 cm³/mol. The number of hydrogen-bond acceptors (Lipinski definition) is 4. The molecule has 2 aromatic rings. The molecule has 1 aromatic carbocycles. The number of carbonyl (C=O) groups is 2. The smallest absolute Gasteiger partial charge is 0.254 e. The maximum absolute atomic E-state index is 12.7. The van der Waals surface area contributed by atoms with E-state index in [1.807, 2.05) is 0 Å². The third kappa shape index (κ3) is 3.65. The van der Waals surface area contributed by atoms with Gasteiger partial charge in [0.15, 0.2) is 5.13 Å². The number of likely N-dealkylation sites (tertiary alicyclic amines) is 1. The summed E-state index contributed by atoms with van der Waals surface area (Å²) in [6.45, 7) is 0.527. The zero-order chi connectivity index (χ0) is 16.4. The van der Waals surface area contributed by atoms with Gasteiger partial charge in [0.25, 0.3) is 5.91 Å². The normalized spacial score (nSPS) is 17.3. The summed E-state index contributed by atoms with van der Waals surface area (Å²) in [5.41, 5.74) is 0.386. The Kier molecular flexibility index (Phi) is 4.84. The summed E-state index contributed by atoms with van der Waals surface area (Å²) in [5.74, 6) is -0.467. The lowest BCUT2D eigenvalue weighted by Gasteiger charge is -2.23. The van der Waals surface area contributed by atoms with E-state index in [-0.39, 0.29) is 11.8 Å². The Morgan fingerprint density at radius 1 is 1.26 bits per heavy atom. The van der Waals surface area contributed by atoms with Crippen LogP contribution in [-0.4, -0.2) is 34.3 Å². The number of nitrogens with one attached hydrogen (secondary N) is 1. The molecule has 1 aliphatic rings. The van der Waals surface area contributed by atoms with Gasteiger partial charge in [0.2, 0.25) is 5.91 Å². The molecular weight excluding hydrogens is 357 g/mol. The summed E-state index contributed by atoms with van der Waals surface area (Å²) < 4.78 is 0. The minimum absolute atomic E-state index is 0.223. The fourth-order valence-electron chi connectivity index (χ4n) is 2.60. The molecular formula is C15H13Cl2N3O2S. The van der Waals surface area contributed by atoms with Gasteiger partial charge in [0.1, 0.15) is 6.04 Å². The number of rotatable bonds is 3. The van der Waals surface area contributed by atoms with E-state index in [0.29, 0.717) is 33.7 Å². The zero-order valence-electron chi connectivity index (χ0n) is 12.0. The molecule has 1 aliphatic heterocycles. The quantitative estimate of drug-likeness (QED) is 0.896. The second-order valence-electron chi connectivity index (χ2n) is 5.14. The number of carbonyl (C=O) groups excluding carboxylic acids is 2. The first-order valence-electron chi connectivity index (χ1n) is 7.02. The van der Waals surface area contributed by atoms with E-state index in [4.69, 9.17) is 23.2 Å². The molecule has 1 saturated heterocycles. The van der Waals surface area contributed by atoms with Crippen molar-refractivity contribution in [2.24, 2.45) is 0 Å². The van der Waals surface area contributed by atoms with Gasteiger partial charge in [-0.25, -0.2) is 4.98 Å². The molecule has 0 radical (unpaired) electrons. The fourth-order valence-corrected chi connectivity index (χ4v) is 3.66. The van der Waals surface area contributed by atoms with Gasteiger partial charge in [-0.05, 0) is 31.0 Å². The standard InChI is InChI=1S/C15H13Cl2N3O2S/c16-10-6-9(7-11(17)8-10)14(22)20-4-1-2-12(20)13(21)19-15-18-3-5-23-15/h3,5-8,12H,1-2,4H2,(H,18,19,21)/t12-/m1/s1. The Hall–Kier alpha value is -1.63. The molecule has 23 heavy (non-hydrogen) atoms. The van der Waals surface area contributed by atoms with Gasteiger partial charge >= 0.3 is 0 Å².